The van der Waals surface area contributed by atoms with Crippen molar-refractivity contribution in [3.05, 3.63) is 84.1 Å². The van der Waals surface area contributed by atoms with E-state index in [1.165, 1.54) is 18.3 Å². The first kappa shape index (κ1) is 26.8. The Hall–Kier alpha value is -2.46. The van der Waals surface area contributed by atoms with Crippen molar-refractivity contribution in [2.45, 2.75) is 18.6 Å². The molecule has 0 unspecified atom stereocenters. The molecule has 1 aromatic heterocycles. The number of ether oxygens (including phenoxy) is 2. The molecule has 9 heteroatoms. The number of pyridine rings is 1. The van der Waals surface area contributed by atoms with Crippen LogP contribution in [0.3, 0.4) is 0 Å². The third-order valence-electron chi connectivity index (χ3n) is 4.66. The average Bonchev–Trinajstić information content (AvgIpc) is 2.82. The number of carboxylic acid groups (broad SMARTS) is 1. The van der Waals surface area contributed by atoms with E-state index in [2.05, 4.69) is 10.3 Å². The van der Waals surface area contributed by atoms with Crippen molar-refractivity contribution in [3.8, 4) is 17.4 Å². The molecule has 0 aliphatic rings. The van der Waals surface area contributed by atoms with Gasteiger partial charge < -0.3 is 34.9 Å². The molecule has 168 valence electrons. The number of para-hydroxylation sites is 1. The summed E-state index contributed by atoms with van der Waals surface area (Å²) in [5.41, 5.74) is 0.802. The van der Waals surface area contributed by atoms with E-state index in [-0.39, 0.29) is 66.8 Å². The number of aromatic carboxylic acids is 1. The van der Waals surface area contributed by atoms with Crippen molar-refractivity contribution in [1.29, 1.82) is 0 Å². The molecular weight excluding hydrogens is 435 g/mol. The summed E-state index contributed by atoms with van der Waals surface area (Å²) in [5.74, 6) is -0.290. The number of aliphatic hydroxyl groups is 2. The van der Waals surface area contributed by atoms with Crippen LogP contribution in [0.5, 0.6) is 17.4 Å². The van der Waals surface area contributed by atoms with Gasteiger partial charge in [0.15, 0.2) is 0 Å². The van der Waals surface area contributed by atoms with E-state index in [0.29, 0.717) is 17.9 Å². The summed E-state index contributed by atoms with van der Waals surface area (Å²) in [5, 5.41) is 34.1. The number of benzene rings is 2. The molecule has 0 amide bonds. The van der Waals surface area contributed by atoms with Crippen molar-refractivity contribution in [2.75, 3.05) is 19.8 Å². The Kier molecular flexibility index (Phi) is 11.3. The van der Waals surface area contributed by atoms with Gasteiger partial charge in [-0.25, -0.2) is 4.98 Å². The van der Waals surface area contributed by atoms with E-state index in [9.17, 15) is 20.1 Å². The fourth-order valence-electron chi connectivity index (χ4n) is 2.99. The first-order chi connectivity index (χ1) is 15.5. The van der Waals surface area contributed by atoms with Crippen LogP contribution in [0.1, 0.15) is 15.9 Å². The van der Waals surface area contributed by atoms with E-state index >= 15 is 0 Å². The van der Waals surface area contributed by atoms with Crippen LogP contribution in [0.15, 0.2) is 72.9 Å². The molecule has 3 N–H and O–H groups in total. The van der Waals surface area contributed by atoms with Gasteiger partial charge in [0.1, 0.15) is 24.2 Å². The van der Waals surface area contributed by atoms with Crippen LogP contribution >= 0.6 is 0 Å². The fraction of sp³-hybridized carbons (Fsp3) is 0.250. The predicted molar refractivity (Wildman–Crippen MR) is 116 cm³/mol. The monoisotopic (exact) mass is 460 g/mol. The molecule has 0 saturated carbocycles. The van der Waals surface area contributed by atoms with Crippen molar-refractivity contribution in [3.63, 3.8) is 0 Å². The number of carbonyl (C=O) groups excluding carboxylic acids is 1. The van der Waals surface area contributed by atoms with Gasteiger partial charge in [0, 0.05) is 18.8 Å². The van der Waals surface area contributed by atoms with Crippen molar-refractivity contribution >= 4 is 5.97 Å². The Labute approximate surface area is 214 Å². The predicted octanol–water partition coefficient (Wildman–Crippen LogP) is -1.83. The zero-order valence-corrected chi connectivity index (χ0v) is 20.4. The van der Waals surface area contributed by atoms with Gasteiger partial charge in [0.25, 0.3) is 0 Å². The molecule has 2 atom stereocenters. The maximum atomic E-state index is 11.2. The molecule has 1 heterocycles. The summed E-state index contributed by atoms with van der Waals surface area (Å²) in [6.07, 6.45) is 1.24. The Morgan fingerprint density at radius 1 is 1.03 bits per heavy atom. The summed E-state index contributed by atoms with van der Waals surface area (Å²) in [7, 11) is 0. The van der Waals surface area contributed by atoms with Gasteiger partial charge in [-0.1, -0.05) is 30.3 Å². The molecule has 0 bridgehead atoms. The Balaban J connectivity index is 0.00000385. The third-order valence-corrected chi connectivity index (χ3v) is 4.66. The summed E-state index contributed by atoms with van der Waals surface area (Å²) in [6, 6.07) is 18.9. The second-order valence-electron chi connectivity index (χ2n) is 7.16. The molecule has 0 radical (unpaired) electrons. The number of aliphatic hydroxyl groups excluding tert-OH is 2. The summed E-state index contributed by atoms with van der Waals surface area (Å²) < 4.78 is 11.1. The first-order valence-corrected chi connectivity index (χ1v) is 10.2. The van der Waals surface area contributed by atoms with E-state index in [1.807, 2.05) is 42.5 Å². The number of hydrogen-bond donors (Lipinski definition) is 3. The number of aromatic nitrogens is 1. The Morgan fingerprint density at radius 2 is 1.76 bits per heavy atom. The molecule has 3 rings (SSSR count). The second-order valence-corrected chi connectivity index (χ2v) is 7.16. The van der Waals surface area contributed by atoms with Crippen molar-refractivity contribution in [1.82, 2.24) is 10.3 Å². The molecule has 2 aromatic carbocycles. The second kappa shape index (κ2) is 13.9. The number of carbonyl (C=O) groups is 1. The molecule has 8 nitrogen and oxygen atoms in total. The number of carboxylic acids is 1. The number of nitrogens with zero attached hydrogens (tertiary/aromatic N) is 1. The zero-order chi connectivity index (χ0) is 22.8. The standard InChI is InChI=1S/C24H26N2O6.Na/c27-15-18(26-14-19(28)16-31-20-5-2-1-3-6-20)13-17-8-10-21(11-9-17)32-23-22(24(29)30)7-4-12-25-23;/h1-12,18-19,26-28H,13-16H2,(H,29,30);/q;+1/p-1/t18-,19-;/m0./s1. The van der Waals surface area contributed by atoms with Gasteiger partial charge in [0.2, 0.25) is 5.88 Å². The van der Waals surface area contributed by atoms with Gasteiger partial charge in [0.05, 0.1) is 18.1 Å². The van der Waals surface area contributed by atoms with Gasteiger partial charge in [-0.3, -0.25) is 0 Å². The maximum Gasteiger partial charge on any atom is 1.00 e. The normalized spacial score (nSPS) is 12.3. The minimum absolute atomic E-state index is 0. The van der Waals surface area contributed by atoms with E-state index in [4.69, 9.17) is 9.47 Å². The third kappa shape index (κ3) is 8.77. The minimum Gasteiger partial charge on any atom is -0.545 e. The van der Waals surface area contributed by atoms with Crippen LogP contribution in [0, 0.1) is 0 Å². The van der Waals surface area contributed by atoms with Crippen molar-refractivity contribution in [2.24, 2.45) is 0 Å². The largest absolute Gasteiger partial charge is 1.00 e. The molecule has 3 aromatic rings. The number of rotatable bonds is 12. The molecule has 0 fully saturated rings. The van der Waals surface area contributed by atoms with Gasteiger partial charge in [-0.2, -0.15) is 0 Å². The first-order valence-electron chi connectivity index (χ1n) is 10.2. The average molecular weight is 460 g/mol. The summed E-state index contributed by atoms with van der Waals surface area (Å²) >= 11 is 0. The molecule has 0 aliphatic carbocycles. The molecule has 33 heavy (non-hydrogen) atoms. The van der Waals surface area contributed by atoms with Crippen LogP contribution < -0.4 is 49.5 Å². The number of nitrogens with one attached hydrogen (secondary N) is 1. The summed E-state index contributed by atoms with van der Waals surface area (Å²) in [4.78, 5) is 15.1. The van der Waals surface area contributed by atoms with Gasteiger partial charge >= 0.3 is 29.6 Å². The van der Waals surface area contributed by atoms with Crippen LogP contribution in [-0.4, -0.2) is 53.1 Å². The van der Waals surface area contributed by atoms with E-state index < -0.39 is 12.1 Å². The van der Waals surface area contributed by atoms with Crippen LogP contribution in [0.2, 0.25) is 0 Å². The topological polar surface area (TPSA) is 124 Å². The van der Waals surface area contributed by atoms with Gasteiger partial charge in [-0.05, 0) is 48.4 Å². The zero-order valence-electron chi connectivity index (χ0n) is 18.4. The summed E-state index contributed by atoms with van der Waals surface area (Å²) in [6.45, 7) is 0.306. The Bertz CT molecular complexity index is 988. The Morgan fingerprint density at radius 3 is 2.42 bits per heavy atom. The quantitative estimate of drug-likeness (QED) is 0.270. The SMILES string of the molecule is O=C([O-])c1cccnc1Oc1ccc(C[C@@H](CO)NC[C@H](O)COc2ccccc2)cc1.[Na+]. The molecule has 0 aliphatic heterocycles. The fourth-order valence-corrected chi connectivity index (χ4v) is 2.99. The van der Waals surface area contributed by atoms with Gasteiger partial charge in [-0.15, -0.1) is 0 Å². The van der Waals surface area contributed by atoms with E-state index in [1.54, 1.807) is 12.1 Å². The van der Waals surface area contributed by atoms with Crippen LogP contribution in [0.4, 0.5) is 0 Å². The molecule has 0 spiro atoms. The number of hydrogen-bond acceptors (Lipinski definition) is 8. The smallest absolute Gasteiger partial charge is 0.545 e. The van der Waals surface area contributed by atoms with Crippen molar-refractivity contribution < 1.29 is 59.1 Å². The minimum atomic E-state index is -1.36. The van der Waals surface area contributed by atoms with Crippen LogP contribution in [0.25, 0.3) is 0 Å². The van der Waals surface area contributed by atoms with Crippen LogP contribution in [-0.2, 0) is 6.42 Å². The maximum absolute atomic E-state index is 11.2. The molecular formula is C24H25N2NaO6. The molecule has 0 saturated heterocycles. The van der Waals surface area contributed by atoms with E-state index in [0.717, 1.165) is 5.56 Å².